The molecule has 0 unspecified atom stereocenters. The van der Waals surface area contributed by atoms with Gasteiger partial charge in [0, 0.05) is 11.1 Å². The second-order valence-corrected chi connectivity index (χ2v) is 3.33. The van der Waals surface area contributed by atoms with Gasteiger partial charge in [0.1, 0.15) is 11.5 Å². The Morgan fingerprint density at radius 3 is 1.57 bits per heavy atom. The summed E-state index contributed by atoms with van der Waals surface area (Å²) in [5.74, 6) is 0.524. The molecule has 0 spiro atoms. The molecule has 2 heteroatoms. The molecule has 2 nitrogen and oxygen atoms in total. The lowest BCUT2D eigenvalue weighted by Gasteiger charge is -2.15. The van der Waals surface area contributed by atoms with Gasteiger partial charge < -0.3 is 10.2 Å². The average Bonchev–Trinajstić information content (AvgIpc) is 2.20. The Labute approximate surface area is 82.9 Å². The highest BCUT2D eigenvalue weighted by Gasteiger charge is 2.15. The molecule has 0 bridgehead atoms. The summed E-state index contributed by atoms with van der Waals surface area (Å²) < 4.78 is 0. The zero-order chi connectivity index (χ0) is 9.97. The van der Waals surface area contributed by atoms with Gasteiger partial charge in [-0.1, -0.05) is 24.3 Å². The molecule has 14 heavy (non-hydrogen) atoms. The van der Waals surface area contributed by atoms with Gasteiger partial charge in [-0.2, -0.15) is 0 Å². The molecule has 2 rings (SSSR count). The second-order valence-electron chi connectivity index (χ2n) is 3.33. The number of aliphatic hydroxyl groups is 2. The van der Waals surface area contributed by atoms with E-state index in [0.29, 0.717) is 12.8 Å². The van der Waals surface area contributed by atoms with Crippen LogP contribution < -0.4 is 0 Å². The van der Waals surface area contributed by atoms with Crippen LogP contribution in [0, 0.1) is 0 Å². The van der Waals surface area contributed by atoms with Crippen LogP contribution in [-0.2, 0) is 0 Å². The Balaban J connectivity index is 2.41. The summed E-state index contributed by atoms with van der Waals surface area (Å²) in [4.78, 5) is 0. The molecule has 0 aromatic carbocycles. The molecule has 0 saturated heterocycles. The van der Waals surface area contributed by atoms with E-state index in [1.807, 2.05) is 24.3 Å². The van der Waals surface area contributed by atoms with Gasteiger partial charge >= 0.3 is 0 Å². The van der Waals surface area contributed by atoms with Crippen molar-refractivity contribution in [1.29, 1.82) is 0 Å². The second kappa shape index (κ2) is 3.58. The van der Waals surface area contributed by atoms with Crippen molar-refractivity contribution in [1.82, 2.24) is 0 Å². The van der Waals surface area contributed by atoms with Crippen LogP contribution in [-0.4, -0.2) is 10.2 Å². The Hall–Kier alpha value is -1.70. The van der Waals surface area contributed by atoms with Gasteiger partial charge in [-0.3, -0.25) is 0 Å². The van der Waals surface area contributed by atoms with Crippen molar-refractivity contribution in [2.75, 3.05) is 0 Å². The molecule has 0 radical (unpaired) electrons. The minimum atomic E-state index is 0.262. The van der Waals surface area contributed by atoms with Gasteiger partial charge in [0.15, 0.2) is 0 Å². The van der Waals surface area contributed by atoms with Crippen LogP contribution in [0.15, 0.2) is 59.1 Å². The fraction of sp³-hybridized carbons (Fsp3) is 0.167. The molecule has 0 saturated carbocycles. The fourth-order valence-corrected chi connectivity index (χ4v) is 1.66. The first-order chi connectivity index (χ1) is 6.79. The SMILES string of the molecule is OC1=CC=CCC1=C1CC=CC=C1O. The van der Waals surface area contributed by atoms with Gasteiger partial charge in [-0.25, -0.2) is 0 Å². The van der Waals surface area contributed by atoms with Crippen molar-refractivity contribution in [3.63, 3.8) is 0 Å². The number of hydrogen-bond acceptors (Lipinski definition) is 2. The standard InChI is InChI=1S/C12H12O2/c13-11-7-3-1-5-9(11)10-6-2-4-8-12(10)14/h1-4,7-8,13-14H,5-6H2. The summed E-state index contributed by atoms with van der Waals surface area (Å²) in [5.41, 5.74) is 1.65. The maximum absolute atomic E-state index is 9.63. The number of aliphatic hydroxyl groups excluding tert-OH is 2. The van der Waals surface area contributed by atoms with Gasteiger partial charge in [0.05, 0.1) is 0 Å². The first-order valence-electron chi connectivity index (χ1n) is 4.63. The quantitative estimate of drug-likeness (QED) is 0.613. The molecule has 0 fully saturated rings. The number of rotatable bonds is 0. The number of allylic oxidation sites excluding steroid dienone is 8. The lowest BCUT2D eigenvalue weighted by Crippen LogP contribution is -2.01. The Bertz CT molecular complexity index is 355. The van der Waals surface area contributed by atoms with E-state index in [1.165, 1.54) is 0 Å². The van der Waals surface area contributed by atoms with Crippen molar-refractivity contribution in [3.05, 3.63) is 59.1 Å². The van der Waals surface area contributed by atoms with Crippen LogP contribution in [0.5, 0.6) is 0 Å². The van der Waals surface area contributed by atoms with E-state index in [1.54, 1.807) is 12.2 Å². The van der Waals surface area contributed by atoms with E-state index >= 15 is 0 Å². The van der Waals surface area contributed by atoms with Crippen molar-refractivity contribution in [2.24, 2.45) is 0 Å². The Morgan fingerprint density at radius 1 is 0.786 bits per heavy atom. The van der Waals surface area contributed by atoms with E-state index < -0.39 is 0 Å². The predicted octanol–water partition coefficient (Wildman–Crippen LogP) is 3.09. The van der Waals surface area contributed by atoms with E-state index in [9.17, 15) is 10.2 Å². The van der Waals surface area contributed by atoms with E-state index in [-0.39, 0.29) is 11.5 Å². The van der Waals surface area contributed by atoms with Crippen molar-refractivity contribution >= 4 is 0 Å². The third-order valence-electron chi connectivity index (χ3n) is 2.41. The third-order valence-corrected chi connectivity index (χ3v) is 2.41. The summed E-state index contributed by atoms with van der Waals surface area (Å²) in [6.45, 7) is 0. The molecule has 2 aliphatic rings. The predicted molar refractivity (Wildman–Crippen MR) is 56.0 cm³/mol. The van der Waals surface area contributed by atoms with E-state index in [4.69, 9.17) is 0 Å². The normalized spacial score (nSPS) is 26.0. The first-order valence-corrected chi connectivity index (χ1v) is 4.63. The van der Waals surface area contributed by atoms with E-state index in [2.05, 4.69) is 0 Å². The van der Waals surface area contributed by atoms with Crippen molar-refractivity contribution < 1.29 is 10.2 Å². The highest BCUT2D eigenvalue weighted by Crippen LogP contribution is 2.28. The van der Waals surface area contributed by atoms with Gasteiger partial charge in [0.25, 0.3) is 0 Å². The number of hydrogen-bond donors (Lipinski definition) is 2. The Kier molecular flexibility index (Phi) is 2.27. The Morgan fingerprint density at radius 2 is 1.21 bits per heavy atom. The molecule has 0 aromatic rings. The van der Waals surface area contributed by atoms with Crippen LogP contribution in [0.3, 0.4) is 0 Å². The lowest BCUT2D eigenvalue weighted by molar-refractivity contribution is 0.402. The minimum absolute atomic E-state index is 0.262. The largest absolute Gasteiger partial charge is 0.508 e. The molecular formula is C12H12O2. The van der Waals surface area contributed by atoms with Gasteiger partial charge in [0.2, 0.25) is 0 Å². The summed E-state index contributed by atoms with van der Waals surface area (Å²) in [6, 6.07) is 0. The van der Waals surface area contributed by atoms with Gasteiger partial charge in [-0.15, -0.1) is 0 Å². The molecule has 0 atom stereocenters. The fourth-order valence-electron chi connectivity index (χ4n) is 1.66. The summed E-state index contributed by atoms with van der Waals surface area (Å²) in [5, 5.41) is 19.3. The molecule has 0 amide bonds. The summed E-state index contributed by atoms with van der Waals surface area (Å²) in [7, 11) is 0. The topological polar surface area (TPSA) is 40.5 Å². The van der Waals surface area contributed by atoms with Crippen LogP contribution in [0.1, 0.15) is 12.8 Å². The van der Waals surface area contributed by atoms with Crippen LogP contribution in [0.2, 0.25) is 0 Å². The molecule has 72 valence electrons. The maximum atomic E-state index is 9.63. The molecular weight excluding hydrogens is 176 g/mol. The van der Waals surface area contributed by atoms with Gasteiger partial charge in [-0.05, 0) is 25.0 Å². The zero-order valence-corrected chi connectivity index (χ0v) is 7.77. The van der Waals surface area contributed by atoms with E-state index in [0.717, 1.165) is 11.1 Å². The molecule has 2 aliphatic carbocycles. The van der Waals surface area contributed by atoms with Crippen molar-refractivity contribution in [3.8, 4) is 0 Å². The summed E-state index contributed by atoms with van der Waals surface area (Å²) in [6.07, 6.45) is 12.2. The highest BCUT2D eigenvalue weighted by molar-refractivity contribution is 5.47. The molecule has 2 N–H and O–H groups in total. The van der Waals surface area contributed by atoms with Crippen LogP contribution in [0.4, 0.5) is 0 Å². The third kappa shape index (κ3) is 1.51. The monoisotopic (exact) mass is 188 g/mol. The molecule has 0 heterocycles. The minimum Gasteiger partial charge on any atom is -0.508 e. The summed E-state index contributed by atoms with van der Waals surface area (Å²) >= 11 is 0. The first kappa shape index (κ1) is 8.88. The zero-order valence-electron chi connectivity index (χ0n) is 7.77. The molecule has 0 aromatic heterocycles. The van der Waals surface area contributed by atoms with Crippen LogP contribution >= 0.6 is 0 Å². The maximum Gasteiger partial charge on any atom is 0.119 e. The lowest BCUT2D eigenvalue weighted by atomic mass is 9.94. The smallest absolute Gasteiger partial charge is 0.119 e. The van der Waals surface area contributed by atoms with Crippen LogP contribution in [0.25, 0.3) is 0 Å². The molecule has 0 aliphatic heterocycles. The van der Waals surface area contributed by atoms with Crippen molar-refractivity contribution in [2.45, 2.75) is 12.8 Å². The average molecular weight is 188 g/mol. The highest BCUT2D eigenvalue weighted by atomic mass is 16.3.